The molecule has 0 aliphatic carbocycles. The highest BCUT2D eigenvalue weighted by molar-refractivity contribution is 6.33. The van der Waals surface area contributed by atoms with Crippen LogP contribution in [0.25, 0.3) is 0 Å². The van der Waals surface area contributed by atoms with Crippen LogP contribution in [0, 0.1) is 27.7 Å². The lowest BCUT2D eigenvalue weighted by Crippen LogP contribution is -1.95. The van der Waals surface area contributed by atoms with E-state index in [-0.39, 0.29) is 0 Å². The van der Waals surface area contributed by atoms with Gasteiger partial charge in [-0.15, -0.1) is 0 Å². The normalized spacial score (nSPS) is 10.6. The van der Waals surface area contributed by atoms with E-state index < -0.39 is 0 Å². The van der Waals surface area contributed by atoms with Gasteiger partial charge in [-0.3, -0.25) is 0 Å². The van der Waals surface area contributed by atoms with E-state index >= 15 is 0 Å². The Balaban J connectivity index is 2.44. The molecule has 0 bridgehead atoms. The van der Waals surface area contributed by atoms with E-state index in [1.165, 1.54) is 11.1 Å². The first-order chi connectivity index (χ1) is 8.88. The van der Waals surface area contributed by atoms with Crippen molar-refractivity contribution >= 4 is 17.3 Å². The number of hydrogen-bond acceptors (Lipinski definition) is 2. The Morgan fingerprint density at radius 3 is 2.26 bits per heavy atom. The van der Waals surface area contributed by atoms with Crippen molar-refractivity contribution in [2.45, 2.75) is 27.7 Å². The summed E-state index contributed by atoms with van der Waals surface area (Å²) >= 11 is 6.05. The summed E-state index contributed by atoms with van der Waals surface area (Å²) in [4.78, 5) is 0. The molecular formula is C16H18ClNO. The Kier molecular flexibility index (Phi) is 3.72. The molecule has 2 aromatic carbocycles. The Morgan fingerprint density at radius 1 is 0.895 bits per heavy atom. The molecule has 0 saturated carbocycles. The minimum absolute atomic E-state index is 0.516. The Morgan fingerprint density at radius 2 is 1.58 bits per heavy atom. The molecule has 0 fully saturated rings. The number of nitrogens with two attached hydrogens (primary N) is 1. The zero-order chi connectivity index (χ0) is 14.2. The highest BCUT2D eigenvalue weighted by atomic mass is 35.5. The quantitative estimate of drug-likeness (QED) is 0.787. The number of rotatable bonds is 2. The van der Waals surface area contributed by atoms with Gasteiger partial charge in [0.1, 0.15) is 11.5 Å². The van der Waals surface area contributed by atoms with Gasteiger partial charge in [-0.2, -0.15) is 0 Å². The maximum atomic E-state index is 6.05. The zero-order valence-corrected chi connectivity index (χ0v) is 12.4. The maximum Gasteiger partial charge on any atom is 0.131 e. The van der Waals surface area contributed by atoms with Gasteiger partial charge >= 0.3 is 0 Å². The first-order valence-electron chi connectivity index (χ1n) is 6.20. The summed E-state index contributed by atoms with van der Waals surface area (Å²) in [5.41, 5.74) is 10.9. The summed E-state index contributed by atoms with van der Waals surface area (Å²) in [6.07, 6.45) is 0. The van der Waals surface area contributed by atoms with E-state index in [4.69, 9.17) is 22.1 Å². The van der Waals surface area contributed by atoms with Gasteiger partial charge < -0.3 is 10.5 Å². The molecule has 0 radical (unpaired) electrons. The third-order valence-electron chi connectivity index (χ3n) is 3.28. The lowest BCUT2D eigenvalue weighted by Gasteiger charge is -2.14. The number of halogens is 1. The Hall–Kier alpha value is -1.67. The summed E-state index contributed by atoms with van der Waals surface area (Å²) in [5, 5.41) is 0.516. The molecule has 2 aromatic rings. The van der Waals surface area contributed by atoms with Crippen LogP contribution >= 0.6 is 11.6 Å². The van der Waals surface area contributed by atoms with Gasteiger partial charge in [0.2, 0.25) is 0 Å². The highest BCUT2D eigenvalue weighted by Crippen LogP contribution is 2.34. The molecule has 0 spiro atoms. The fourth-order valence-corrected chi connectivity index (χ4v) is 2.17. The number of anilines is 1. The predicted octanol–water partition coefficient (Wildman–Crippen LogP) is 4.95. The van der Waals surface area contributed by atoms with E-state index in [2.05, 4.69) is 26.8 Å². The summed E-state index contributed by atoms with van der Waals surface area (Å²) in [6, 6.07) is 7.77. The topological polar surface area (TPSA) is 35.2 Å². The summed E-state index contributed by atoms with van der Waals surface area (Å²) in [6.45, 7) is 8.15. The van der Waals surface area contributed by atoms with Gasteiger partial charge in [0, 0.05) is 6.07 Å². The fourth-order valence-electron chi connectivity index (χ4n) is 2.02. The van der Waals surface area contributed by atoms with E-state index in [0.29, 0.717) is 10.7 Å². The lowest BCUT2D eigenvalue weighted by molar-refractivity contribution is 0.474. The van der Waals surface area contributed by atoms with E-state index in [9.17, 15) is 0 Å². The molecule has 2 rings (SSSR count). The molecule has 3 heteroatoms. The van der Waals surface area contributed by atoms with E-state index in [0.717, 1.165) is 22.6 Å². The van der Waals surface area contributed by atoms with E-state index in [1.807, 2.05) is 19.1 Å². The molecule has 0 heterocycles. The van der Waals surface area contributed by atoms with Gasteiger partial charge in [-0.1, -0.05) is 17.7 Å². The van der Waals surface area contributed by atoms with Crippen molar-refractivity contribution in [2.75, 3.05) is 5.73 Å². The van der Waals surface area contributed by atoms with Crippen LogP contribution in [-0.2, 0) is 0 Å². The standard InChI is InChI=1S/C16H18ClNO/c1-9-5-10(2)12(4)16(6-9)19-15-8-13(17)14(18)7-11(15)3/h5-8H,18H2,1-4H3. The first kappa shape index (κ1) is 13.8. The number of aryl methyl sites for hydroxylation is 3. The van der Waals surface area contributed by atoms with Crippen LogP contribution in [-0.4, -0.2) is 0 Å². The van der Waals surface area contributed by atoms with Crippen LogP contribution in [0.15, 0.2) is 24.3 Å². The Bertz CT molecular complexity index is 635. The van der Waals surface area contributed by atoms with Crippen LogP contribution in [0.1, 0.15) is 22.3 Å². The molecule has 100 valence electrons. The van der Waals surface area contributed by atoms with Crippen LogP contribution in [0.3, 0.4) is 0 Å². The minimum atomic E-state index is 0.516. The van der Waals surface area contributed by atoms with Crippen molar-refractivity contribution in [3.8, 4) is 11.5 Å². The predicted molar refractivity (Wildman–Crippen MR) is 81.3 cm³/mol. The third-order valence-corrected chi connectivity index (χ3v) is 3.61. The molecule has 0 aliphatic heterocycles. The van der Waals surface area contributed by atoms with E-state index in [1.54, 1.807) is 6.07 Å². The number of benzene rings is 2. The largest absolute Gasteiger partial charge is 0.457 e. The van der Waals surface area contributed by atoms with Crippen molar-refractivity contribution in [1.29, 1.82) is 0 Å². The zero-order valence-electron chi connectivity index (χ0n) is 11.7. The van der Waals surface area contributed by atoms with Crippen molar-refractivity contribution in [3.05, 3.63) is 51.5 Å². The average Bonchev–Trinajstić information content (AvgIpc) is 2.32. The number of ether oxygens (including phenoxy) is 1. The number of nitrogen functional groups attached to an aromatic ring is 1. The van der Waals surface area contributed by atoms with Gasteiger partial charge in [0.15, 0.2) is 0 Å². The Labute approximate surface area is 119 Å². The summed E-state index contributed by atoms with van der Waals surface area (Å²) in [7, 11) is 0. The molecular weight excluding hydrogens is 258 g/mol. The lowest BCUT2D eigenvalue weighted by atomic mass is 10.1. The fraction of sp³-hybridized carbons (Fsp3) is 0.250. The second-order valence-electron chi connectivity index (χ2n) is 4.95. The molecule has 0 atom stereocenters. The van der Waals surface area contributed by atoms with Crippen molar-refractivity contribution < 1.29 is 4.74 Å². The van der Waals surface area contributed by atoms with Crippen molar-refractivity contribution in [1.82, 2.24) is 0 Å². The molecule has 19 heavy (non-hydrogen) atoms. The monoisotopic (exact) mass is 275 g/mol. The third kappa shape index (κ3) is 2.85. The average molecular weight is 276 g/mol. The van der Waals surface area contributed by atoms with Gasteiger partial charge in [0.25, 0.3) is 0 Å². The molecule has 0 amide bonds. The molecule has 0 aliphatic rings. The van der Waals surface area contributed by atoms with Crippen LogP contribution in [0.2, 0.25) is 5.02 Å². The molecule has 0 aromatic heterocycles. The van der Waals surface area contributed by atoms with Crippen LogP contribution < -0.4 is 10.5 Å². The molecule has 2 nitrogen and oxygen atoms in total. The first-order valence-corrected chi connectivity index (χ1v) is 6.57. The molecule has 2 N–H and O–H groups in total. The number of hydrogen-bond donors (Lipinski definition) is 1. The van der Waals surface area contributed by atoms with Crippen LogP contribution in [0.4, 0.5) is 5.69 Å². The highest BCUT2D eigenvalue weighted by Gasteiger charge is 2.09. The minimum Gasteiger partial charge on any atom is -0.457 e. The van der Waals surface area contributed by atoms with Gasteiger partial charge in [-0.25, -0.2) is 0 Å². The van der Waals surface area contributed by atoms with Gasteiger partial charge in [0.05, 0.1) is 10.7 Å². The maximum absolute atomic E-state index is 6.05. The van der Waals surface area contributed by atoms with Gasteiger partial charge in [-0.05, 0) is 62.1 Å². The summed E-state index contributed by atoms with van der Waals surface area (Å²) < 4.78 is 6.00. The van der Waals surface area contributed by atoms with Crippen molar-refractivity contribution in [2.24, 2.45) is 0 Å². The second kappa shape index (κ2) is 5.14. The SMILES string of the molecule is Cc1cc(C)c(C)c(Oc2cc(Cl)c(N)cc2C)c1. The molecule has 0 unspecified atom stereocenters. The van der Waals surface area contributed by atoms with Crippen LogP contribution in [0.5, 0.6) is 11.5 Å². The smallest absolute Gasteiger partial charge is 0.131 e. The van der Waals surface area contributed by atoms with Crippen molar-refractivity contribution in [3.63, 3.8) is 0 Å². The second-order valence-corrected chi connectivity index (χ2v) is 5.35. The summed E-state index contributed by atoms with van der Waals surface area (Å²) in [5.74, 6) is 1.61. The molecule has 0 saturated heterocycles.